The molecule has 0 amide bonds. The van der Waals surface area contributed by atoms with E-state index in [4.69, 9.17) is 4.74 Å². The number of carbonyl (C=O) groups excluding carboxylic acids is 1. The number of esters is 1. The van der Waals surface area contributed by atoms with Crippen molar-refractivity contribution in [3.8, 4) is 0 Å². The number of thiazole rings is 1. The Morgan fingerprint density at radius 3 is 3.19 bits per heavy atom. The first-order chi connectivity index (χ1) is 7.75. The molecule has 84 valence electrons. The molecule has 0 bridgehead atoms. The van der Waals surface area contributed by atoms with Crippen molar-refractivity contribution in [2.24, 2.45) is 0 Å². The molecule has 2 aromatic rings. The third-order valence-electron chi connectivity index (χ3n) is 1.95. The number of rotatable bonds is 4. The van der Waals surface area contributed by atoms with Crippen molar-refractivity contribution in [3.05, 3.63) is 35.0 Å². The van der Waals surface area contributed by atoms with Gasteiger partial charge in [0.1, 0.15) is 6.10 Å². The van der Waals surface area contributed by atoms with Gasteiger partial charge in [0.2, 0.25) is 0 Å². The zero-order chi connectivity index (χ0) is 11.4. The minimum absolute atomic E-state index is 0.228. The maximum Gasteiger partial charge on any atom is 0.358 e. The van der Waals surface area contributed by atoms with E-state index in [9.17, 15) is 4.79 Å². The van der Waals surface area contributed by atoms with Crippen LogP contribution in [0.1, 0.15) is 17.4 Å². The van der Waals surface area contributed by atoms with Crippen LogP contribution in [0.15, 0.2) is 29.4 Å². The van der Waals surface area contributed by atoms with E-state index in [-0.39, 0.29) is 12.1 Å². The van der Waals surface area contributed by atoms with Gasteiger partial charge in [-0.2, -0.15) is 5.10 Å². The van der Waals surface area contributed by atoms with Crippen LogP contribution in [-0.4, -0.2) is 26.8 Å². The van der Waals surface area contributed by atoms with Gasteiger partial charge in [-0.3, -0.25) is 4.68 Å². The van der Waals surface area contributed by atoms with Crippen LogP contribution in [0.2, 0.25) is 0 Å². The van der Waals surface area contributed by atoms with E-state index in [2.05, 4.69) is 10.1 Å². The van der Waals surface area contributed by atoms with Crippen LogP contribution in [0.25, 0.3) is 0 Å². The molecule has 0 fully saturated rings. The Morgan fingerprint density at radius 1 is 1.69 bits per heavy atom. The Labute approximate surface area is 96.7 Å². The standard InChI is InChI=1S/C10H11N3O2S/c1-8(5-13-4-2-3-12-13)15-10(14)9-6-16-7-11-9/h2-4,6-8H,5H2,1H3/t8-/m0/s1. The summed E-state index contributed by atoms with van der Waals surface area (Å²) in [6.45, 7) is 2.37. The molecule has 5 nitrogen and oxygen atoms in total. The van der Waals surface area contributed by atoms with Crippen LogP contribution in [0.3, 0.4) is 0 Å². The van der Waals surface area contributed by atoms with E-state index >= 15 is 0 Å². The first-order valence-corrected chi connectivity index (χ1v) is 5.76. The predicted molar refractivity (Wildman–Crippen MR) is 59.2 cm³/mol. The summed E-state index contributed by atoms with van der Waals surface area (Å²) in [5.41, 5.74) is 1.96. The third-order valence-corrected chi connectivity index (χ3v) is 2.54. The van der Waals surface area contributed by atoms with Gasteiger partial charge >= 0.3 is 5.97 Å². The molecule has 2 aromatic heterocycles. The minimum atomic E-state index is -0.388. The molecule has 6 heteroatoms. The summed E-state index contributed by atoms with van der Waals surface area (Å²) in [6, 6.07) is 1.83. The Balaban J connectivity index is 1.88. The molecule has 0 radical (unpaired) electrons. The van der Waals surface area contributed by atoms with E-state index in [1.54, 1.807) is 21.8 Å². The van der Waals surface area contributed by atoms with Crippen molar-refractivity contribution in [1.29, 1.82) is 0 Å². The fraction of sp³-hybridized carbons (Fsp3) is 0.300. The second-order valence-corrected chi connectivity index (χ2v) is 4.04. The summed E-state index contributed by atoms with van der Waals surface area (Å²) in [5.74, 6) is -0.388. The van der Waals surface area contributed by atoms with Crippen molar-refractivity contribution < 1.29 is 9.53 Å². The number of hydrogen-bond donors (Lipinski definition) is 0. The van der Waals surface area contributed by atoms with Crippen LogP contribution in [0, 0.1) is 0 Å². The molecule has 0 saturated heterocycles. The molecule has 0 aromatic carbocycles. The Kier molecular flexibility index (Phi) is 3.31. The predicted octanol–water partition coefficient (Wildman–Crippen LogP) is 1.59. The second kappa shape index (κ2) is 4.89. The number of hydrogen-bond acceptors (Lipinski definition) is 5. The van der Waals surface area contributed by atoms with Gasteiger partial charge in [0.25, 0.3) is 0 Å². The van der Waals surface area contributed by atoms with Crippen molar-refractivity contribution in [3.63, 3.8) is 0 Å². The van der Waals surface area contributed by atoms with Crippen molar-refractivity contribution in [2.75, 3.05) is 0 Å². The normalized spacial score (nSPS) is 12.3. The molecule has 1 atom stereocenters. The van der Waals surface area contributed by atoms with Crippen molar-refractivity contribution in [2.45, 2.75) is 19.6 Å². The van der Waals surface area contributed by atoms with E-state index in [1.165, 1.54) is 11.3 Å². The van der Waals surface area contributed by atoms with Gasteiger partial charge in [-0.25, -0.2) is 9.78 Å². The fourth-order valence-electron chi connectivity index (χ4n) is 1.27. The largest absolute Gasteiger partial charge is 0.456 e. The molecule has 2 heterocycles. The number of ether oxygens (including phenoxy) is 1. The van der Waals surface area contributed by atoms with Crippen LogP contribution in [0.4, 0.5) is 0 Å². The smallest absolute Gasteiger partial charge is 0.358 e. The van der Waals surface area contributed by atoms with E-state index in [0.717, 1.165) is 0 Å². The van der Waals surface area contributed by atoms with E-state index in [1.807, 2.05) is 19.2 Å². The molecule has 0 unspecified atom stereocenters. The van der Waals surface area contributed by atoms with Gasteiger partial charge in [0.05, 0.1) is 12.1 Å². The third kappa shape index (κ3) is 2.66. The fourth-order valence-corrected chi connectivity index (χ4v) is 1.79. The van der Waals surface area contributed by atoms with Crippen LogP contribution in [-0.2, 0) is 11.3 Å². The van der Waals surface area contributed by atoms with E-state index in [0.29, 0.717) is 12.2 Å². The van der Waals surface area contributed by atoms with E-state index < -0.39 is 0 Å². The lowest BCUT2D eigenvalue weighted by atomic mass is 10.4. The molecule has 0 aliphatic heterocycles. The molecule has 0 N–H and O–H groups in total. The molecule has 2 rings (SSSR count). The monoisotopic (exact) mass is 237 g/mol. The summed E-state index contributed by atoms with van der Waals surface area (Å²) in [5, 5.41) is 5.71. The average molecular weight is 237 g/mol. The highest BCUT2D eigenvalue weighted by Crippen LogP contribution is 2.05. The lowest BCUT2D eigenvalue weighted by Gasteiger charge is -2.12. The second-order valence-electron chi connectivity index (χ2n) is 3.32. The number of carbonyl (C=O) groups is 1. The molecule has 0 aliphatic carbocycles. The average Bonchev–Trinajstić information content (AvgIpc) is 2.88. The van der Waals surface area contributed by atoms with Crippen LogP contribution >= 0.6 is 11.3 Å². The van der Waals surface area contributed by atoms with Crippen molar-refractivity contribution in [1.82, 2.24) is 14.8 Å². The molecule has 0 spiro atoms. The minimum Gasteiger partial charge on any atom is -0.456 e. The highest BCUT2D eigenvalue weighted by molar-refractivity contribution is 7.07. The summed E-state index contributed by atoms with van der Waals surface area (Å²) >= 11 is 1.37. The zero-order valence-electron chi connectivity index (χ0n) is 8.74. The topological polar surface area (TPSA) is 57.0 Å². The van der Waals surface area contributed by atoms with Gasteiger partial charge in [-0.1, -0.05) is 0 Å². The molecular formula is C10H11N3O2S. The Bertz CT molecular complexity index is 439. The Morgan fingerprint density at radius 2 is 2.56 bits per heavy atom. The van der Waals surface area contributed by atoms with Crippen LogP contribution < -0.4 is 0 Å². The van der Waals surface area contributed by atoms with Gasteiger partial charge in [0, 0.05) is 17.8 Å². The van der Waals surface area contributed by atoms with Crippen LogP contribution in [0.5, 0.6) is 0 Å². The molecular weight excluding hydrogens is 226 g/mol. The van der Waals surface area contributed by atoms with Gasteiger partial charge < -0.3 is 4.74 Å². The Hall–Kier alpha value is -1.69. The summed E-state index contributed by atoms with van der Waals surface area (Å²) in [6.07, 6.45) is 3.29. The highest BCUT2D eigenvalue weighted by Gasteiger charge is 2.13. The lowest BCUT2D eigenvalue weighted by Crippen LogP contribution is -2.21. The first kappa shape index (κ1) is 10.8. The molecule has 16 heavy (non-hydrogen) atoms. The maximum absolute atomic E-state index is 11.5. The summed E-state index contributed by atoms with van der Waals surface area (Å²) in [4.78, 5) is 15.4. The van der Waals surface area contributed by atoms with Gasteiger partial charge in [-0.05, 0) is 13.0 Å². The van der Waals surface area contributed by atoms with Gasteiger partial charge in [0.15, 0.2) is 5.69 Å². The number of aromatic nitrogens is 3. The zero-order valence-corrected chi connectivity index (χ0v) is 9.55. The highest BCUT2D eigenvalue weighted by atomic mass is 32.1. The number of nitrogens with zero attached hydrogens (tertiary/aromatic N) is 3. The summed E-state index contributed by atoms with van der Waals surface area (Å²) < 4.78 is 6.93. The van der Waals surface area contributed by atoms with Crippen molar-refractivity contribution >= 4 is 17.3 Å². The quantitative estimate of drug-likeness (QED) is 0.758. The maximum atomic E-state index is 11.5. The summed E-state index contributed by atoms with van der Waals surface area (Å²) in [7, 11) is 0. The lowest BCUT2D eigenvalue weighted by molar-refractivity contribution is 0.0293. The van der Waals surface area contributed by atoms with Gasteiger partial charge in [-0.15, -0.1) is 11.3 Å². The molecule has 0 saturated carbocycles. The first-order valence-electron chi connectivity index (χ1n) is 4.82. The SMILES string of the molecule is C[C@@H](Cn1cccn1)OC(=O)c1cscn1. The molecule has 0 aliphatic rings.